The number of hydrogen-bond donors (Lipinski definition) is 2. The van der Waals surface area contributed by atoms with Gasteiger partial charge in [0, 0.05) is 20.2 Å². The summed E-state index contributed by atoms with van der Waals surface area (Å²) in [6.07, 6.45) is 2.62. The summed E-state index contributed by atoms with van der Waals surface area (Å²) >= 11 is 0. The van der Waals surface area contributed by atoms with Crippen molar-refractivity contribution in [2.75, 3.05) is 27.3 Å². The molecule has 1 heterocycles. The van der Waals surface area contributed by atoms with Gasteiger partial charge in [-0.3, -0.25) is 10.3 Å². The summed E-state index contributed by atoms with van der Waals surface area (Å²) in [4.78, 5) is 2.38. The Labute approximate surface area is 120 Å². The fourth-order valence-corrected chi connectivity index (χ4v) is 2.67. The summed E-state index contributed by atoms with van der Waals surface area (Å²) in [7, 11) is 3.37. The van der Waals surface area contributed by atoms with Crippen molar-refractivity contribution in [1.29, 1.82) is 5.41 Å². The van der Waals surface area contributed by atoms with E-state index in [2.05, 4.69) is 4.90 Å². The summed E-state index contributed by atoms with van der Waals surface area (Å²) in [5, 5.41) is 7.62. The second-order valence-electron chi connectivity index (χ2n) is 5.18. The van der Waals surface area contributed by atoms with Crippen LogP contribution in [-0.4, -0.2) is 44.1 Å². The monoisotopic (exact) mass is 277 g/mol. The molecule has 2 rings (SSSR count). The lowest BCUT2D eigenvalue weighted by Crippen LogP contribution is -2.38. The van der Waals surface area contributed by atoms with Gasteiger partial charge in [-0.05, 0) is 37.1 Å². The highest BCUT2D eigenvalue weighted by Gasteiger charge is 2.19. The molecule has 0 aliphatic carbocycles. The van der Waals surface area contributed by atoms with Crippen molar-refractivity contribution >= 4 is 5.84 Å². The van der Waals surface area contributed by atoms with Crippen molar-refractivity contribution in [3.05, 3.63) is 29.3 Å². The number of ether oxygens (including phenoxy) is 2. The molecule has 1 aliphatic heterocycles. The second kappa shape index (κ2) is 6.72. The zero-order valence-corrected chi connectivity index (χ0v) is 12.2. The van der Waals surface area contributed by atoms with E-state index >= 15 is 0 Å². The average Bonchev–Trinajstić information content (AvgIpc) is 2.47. The van der Waals surface area contributed by atoms with Crippen LogP contribution in [0.5, 0.6) is 5.75 Å². The number of nitrogen functional groups attached to an aromatic ring is 1. The minimum absolute atomic E-state index is 0.0390. The molecule has 1 aromatic carbocycles. The highest BCUT2D eigenvalue weighted by atomic mass is 16.5. The van der Waals surface area contributed by atoms with E-state index in [4.69, 9.17) is 20.6 Å². The Hall–Kier alpha value is -1.59. The third kappa shape index (κ3) is 3.49. The number of nitrogens with two attached hydrogens (primary N) is 1. The number of methoxy groups -OCH3 is 2. The van der Waals surface area contributed by atoms with Crippen LogP contribution in [0.2, 0.25) is 0 Å². The minimum atomic E-state index is 0.0390. The van der Waals surface area contributed by atoms with Crippen LogP contribution in [0.3, 0.4) is 0 Å². The number of piperidine rings is 1. The Morgan fingerprint density at radius 3 is 2.90 bits per heavy atom. The van der Waals surface area contributed by atoms with Crippen molar-refractivity contribution in [3.8, 4) is 5.75 Å². The molecule has 1 saturated heterocycles. The van der Waals surface area contributed by atoms with Gasteiger partial charge in [-0.1, -0.05) is 6.07 Å². The molecule has 0 amide bonds. The Morgan fingerprint density at radius 2 is 2.25 bits per heavy atom. The van der Waals surface area contributed by atoms with Crippen LogP contribution in [0.15, 0.2) is 18.2 Å². The van der Waals surface area contributed by atoms with Gasteiger partial charge in [0.15, 0.2) is 0 Å². The van der Waals surface area contributed by atoms with Gasteiger partial charge in [0.2, 0.25) is 0 Å². The number of likely N-dealkylation sites (tertiary alicyclic amines) is 1. The fourth-order valence-electron chi connectivity index (χ4n) is 2.67. The number of nitrogens with zero attached hydrogens (tertiary/aromatic N) is 1. The van der Waals surface area contributed by atoms with E-state index in [0.29, 0.717) is 17.4 Å². The zero-order chi connectivity index (χ0) is 14.5. The van der Waals surface area contributed by atoms with Gasteiger partial charge >= 0.3 is 0 Å². The third-order valence-corrected chi connectivity index (χ3v) is 3.76. The van der Waals surface area contributed by atoms with Crippen LogP contribution in [0.1, 0.15) is 24.0 Å². The van der Waals surface area contributed by atoms with Gasteiger partial charge in [-0.2, -0.15) is 0 Å². The lowest BCUT2D eigenvalue weighted by Gasteiger charge is -2.32. The lowest BCUT2D eigenvalue weighted by molar-refractivity contribution is 0.0285. The highest BCUT2D eigenvalue weighted by molar-refractivity contribution is 5.97. The zero-order valence-electron chi connectivity index (χ0n) is 12.2. The quantitative estimate of drug-likeness (QED) is 0.633. The first-order valence-corrected chi connectivity index (χ1v) is 6.90. The highest BCUT2D eigenvalue weighted by Crippen LogP contribution is 2.21. The van der Waals surface area contributed by atoms with Gasteiger partial charge in [0.05, 0.1) is 18.8 Å². The Kier molecular flexibility index (Phi) is 4.98. The minimum Gasteiger partial charge on any atom is -0.496 e. The maximum absolute atomic E-state index is 7.62. The summed E-state index contributed by atoms with van der Waals surface area (Å²) in [5.74, 6) is 0.687. The summed E-state index contributed by atoms with van der Waals surface area (Å²) < 4.78 is 10.7. The molecular formula is C15H23N3O2. The Bertz CT molecular complexity index is 476. The van der Waals surface area contributed by atoms with Crippen molar-refractivity contribution in [2.24, 2.45) is 5.73 Å². The first kappa shape index (κ1) is 14.8. The van der Waals surface area contributed by atoms with E-state index in [1.807, 2.05) is 18.2 Å². The first-order valence-electron chi connectivity index (χ1n) is 6.90. The van der Waals surface area contributed by atoms with Gasteiger partial charge in [-0.15, -0.1) is 0 Å². The molecule has 1 unspecified atom stereocenters. The van der Waals surface area contributed by atoms with Crippen molar-refractivity contribution in [2.45, 2.75) is 25.5 Å². The molecule has 1 aromatic rings. The Morgan fingerprint density at radius 1 is 1.45 bits per heavy atom. The Balaban J connectivity index is 2.09. The van der Waals surface area contributed by atoms with E-state index in [1.165, 1.54) is 0 Å². The molecule has 3 N–H and O–H groups in total. The van der Waals surface area contributed by atoms with Gasteiger partial charge in [0.1, 0.15) is 11.6 Å². The number of benzene rings is 1. The van der Waals surface area contributed by atoms with E-state index < -0.39 is 0 Å². The first-order chi connectivity index (χ1) is 9.63. The fraction of sp³-hybridized carbons (Fsp3) is 0.533. The smallest absolute Gasteiger partial charge is 0.129 e. The number of rotatable bonds is 5. The standard InChI is InChI=1S/C15H23N3O2/c1-19-12-4-3-7-18(10-12)9-11-5-6-14(20-2)13(8-11)15(16)17/h5-6,8,12H,3-4,7,9-10H2,1-2H3,(H3,16,17). The summed E-state index contributed by atoms with van der Waals surface area (Å²) in [6.45, 7) is 2.89. The molecule has 0 aromatic heterocycles. The van der Waals surface area contributed by atoms with Crippen LogP contribution in [0, 0.1) is 5.41 Å². The van der Waals surface area contributed by atoms with Crippen LogP contribution in [0.25, 0.3) is 0 Å². The molecule has 20 heavy (non-hydrogen) atoms. The summed E-state index contributed by atoms with van der Waals surface area (Å²) in [6, 6.07) is 5.85. The van der Waals surface area contributed by atoms with Gasteiger partial charge in [0.25, 0.3) is 0 Å². The number of hydrogen-bond acceptors (Lipinski definition) is 4. The van der Waals surface area contributed by atoms with Crippen molar-refractivity contribution in [3.63, 3.8) is 0 Å². The lowest BCUT2D eigenvalue weighted by atomic mass is 10.0. The number of nitrogens with one attached hydrogen (secondary N) is 1. The van der Waals surface area contributed by atoms with Crippen molar-refractivity contribution < 1.29 is 9.47 Å². The number of amidine groups is 1. The van der Waals surface area contributed by atoms with E-state index in [-0.39, 0.29) is 5.84 Å². The normalized spacial score (nSPS) is 19.8. The van der Waals surface area contributed by atoms with Crippen LogP contribution in [0.4, 0.5) is 0 Å². The molecule has 1 aliphatic rings. The predicted octanol–water partition coefficient (Wildman–Crippen LogP) is 1.59. The molecule has 110 valence electrons. The molecule has 5 nitrogen and oxygen atoms in total. The van der Waals surface area contributed by atoms with Gasteiger partial charge < -0.3 is 15.2 Å². The van der Waals surface area contributed by atoms with Crippen LogP contribution < -0.4 is 10.5 Å². The van der Waals surface area contributed by atoms with Crippen LogP contribution in [-0.2, 0) is 11.3 Å². The molecule has 0 radical (unpaired) electrons. The maximum Gasteiger partial charge on any atom is 0.129 e. The van der Waals surface area contributed by atoms with Gasteiger partial charge in [-0.25, -0.2) is 0 Å². The molecule has 1 fully saturated rings. The predicted molar refractivity (Wildman–Crippen MR) is 79.3 cm³/mol. The van der Waals surface area contributed by atoms with E-state index in [0.717, 1.165) is 38.0 Å². The summed E-state index contributed by atoms with van der Waals surface area (Å²) in [5.41, 5.74) is 7.41. The molecule has 0 saturated carbocycles. The van der Waals surface area contributed by atoms with E-state index in [9.17, 15) is 0 Å². The van der Waals surface area contributed by atoms with Crippen molar-refractivity contribution in [1.82, 2.24) is 4.90 Å². The van der Waals surface area contributed by atoms with E-state index in [1.54, 1.807) is 14.2 Å². The largest absolute Gasteiger partial charge is 0.496 e. The molecule has 1 atom stereocenters. The molecule has 5 heteroatoms. The molecular weight excluding hydrogens is 254 g/mol. The molecule has 0 bridgehead atoms. The SMILES string of the molecule is COc1ccc(CN2CCCC(OC)C2)cc1C(=N)N. The average molecular weight is 277 g/mol. The van der Waals surface area contributed by atoms with Crippen LogP contribution >= 0.6 is 0 Å². The third-order valence-electron chi connectivity index (χ3n) is 3.76. The molecule has 0 spiro atoms. The topological polar surface area (TPSA) is 71.6 Å². The maximum atomic E-state index is 7.62. The second-order valence-corrected chi connectivity index (χ2v) is 5.18.